The molecular weight excluding hydrogens is 291 g/mol. The molecule has 20 heavy (non-hydrogen) atoms. The summed E-state index contributed by atoms with van der Waals surface area (Å²) in [4.78, 5) is 15.8. The van der Waals surface area contributed by atoms with Crippen molar-refractivity contribution >= 4 is 15.7 Å². The smallest absolute Gasteiger partial charge is 0.270 e. The summed E-state index contributed by atoms with van der Waals surface area (Å²) in [6.45, 7) is 0. The third-order valence-corrected chi connectivity index (χ3v) is 4.25. The molecule has 1 saturated carbocycles. The van der Waals surface area contributed by atoms with E-state index in [9.17, 15) is 22.9 Å². The van der Waals surface area contributed by atoms with Crippen molar-refractivity contribution in [2.24, 2.45) is 0 Å². The monoisotopic (exact) mass is 304 g/mol. The van der Waals surface area contributed by atoms with Crippen LogP contribution in [0.15, 0.2) is 23.1 Å². The van der Waals surface area contributed by atoms with Gasteiger partial charge in [0.15, 0.2) is 0 Å². The molecule has 9 heteroatoms. The standard InChI is InChI=1S/C11H13FN2O5S/c12-10-6-5-8(14(15)16)7-11(10)20(17,18)13-19-9-3-1-2-4-9/h5-7,9,13H,1-4H2. The summed E-state index contributed by atoms with van der Waals surface area (Å²) in [6, 6.07) is 2.30. The van der Waals surface area contributed by atoms with Crippen LogP contribution >= 0.6 is 0 Å². The van der Waals surface area contributed by atoms with Gasteiger partial charge in [0, 0.05) is 12.1 Å². The van der Waals surface area contributed by atoms with E-state index < -0.39 is 31.3 Å². The highest BCUT2D eigenvalue weighted by Crippen LogP contribution is 2.23. The van der Waals surface area contributed by atoms with E-state index in [1.54, 1.807) is 0 Å². The highest BCUT2D eigenvalue weighted by Gasteiger charge is 2.25. The van der Waals surface area contributed by atoms with Crippen molar-refractivity contribution in [3.8, 4) is 0 Å². The van der Waals surface area contributed by atoms with E-state index in [4.69, 9.17) is 4.84 Å². The lowest BCUT2D eigenvalue weighted by atomic mass is 10.3. The third kappa shape index (κ3) is 3.30. The second-order valence-corrected chi connectivity index (χ2v) is 6.10. The summed E-state index contributed by atoms with van der Waals surface area (Å²) >= 11 is 0. The van der Waals surface area contributed by atoms with Crippen molar-refractivity contribution in [2.75, 3.05) is 0 Å². The Morgan fingerprint density at radius 2 is 2.00 bits per heavy atom. The van der Waals surface area contributed by atoms with Gasteiger partial charge >= 0.3 is 0 Å². The third-order valence-electron chi connectivity index (χ3n) is 3.04. The van der Waals surface area contributed by atoms with Gasteiger partial charge in [-0.1, -0.05) is 17.7 Å². The highest BCUT2D eigenvalue weighted by atomic mass is 32.2. The van der Waals surface area contributed by atoms with Crippen molar-refractivity contribution in [3.05, 3.63) is 34.1 Å². The molecule has 1 aromatic carbocycles. The molecule has 110 valence electrons. The van der Waals surface area contributed by atoms with Gasteiger partial charge in [-0.2, -0.15) is 0 Å². The molecule has 0 saturated heterocycles. The Morgan fingerprint density at radius 1 is 1.35 bits per heavy atom. The van der Waals surface area contributed by atoms with Crippen LogP contribution in [-0.2, 0) is 14.9 Å². The first-order valence-corrected chi connectivity index (χ1v) is 7.50. The topological polar surface area (TPSA) is 98.5 Å². The SMILES string of the molecule is O=[N+]([O-])c1ccc(F)c(S(=O)(=O)NOC2CCCC2)c1. The minimum absolute atomic E-state index is 0.244. The molecule has 1 fully saturated rings. The van der Waals surface area contributed by atoms with Crippen LogP contribution in [0.5, 0.6) is 0 Å². The van der Waals surface area contributed by atoms with Crippen LogP contribution in [0.2, 0.25) is 0 Å². The van der Waals surface area contributed by atoms with Crippen LogP contribution in [-0.4, -0.2) is 19.4 Å². The van der Waals surface area contributed by atoms with Crippen LogP contribution in [0.3, 0.4) is 0 Å². The second-order valence-electron chi connectivity index (χ2n) is 4.48. The molecule has 0 radical (unpaired) electrons. The van der Waals surface area contributed by atoms with Gasteiger partial charge in [0.2, 0.25) is 0 Å². The van der Waals surface area contributed by atoms with E-state index in [0.29, 0.717) is 6.07 Å². The first-order valence-electron chi connectivity index (χ1n) is 6.01. The Labute approximate surface area is 114 Å². The van der Waals surface area contributed by atoms with E-state index in [1.165, 1.54) is 0 Å². The van der Waals surface area contributed by atoms with Gasteiger partial charge in [0.1, 0.15) is 10.7 Å². The van der Waals surface area contributed by atoms with Gasteiger partial charge in [-0.25, -0.2) is 12.8 Å². The molecule has 1 aliphatic carbocycles. The minimum atomic E-state index is -4.29. The zero-order valence-corrected chi connectivity index (χ0v) is 11.2. The number of hydrogen-bond donors (Lipinski definition) is 1. The van der Waals surface area contributed by atoms with Crippen molar-refractivity contribution < 1.29 is 22.6 Å². The Bertz CT molecular complexity index is 613. The molecule has 0 aromatic heterocycles. The fourth-order valence-electron chi connectivity index (χ4n) is 1.99. The van der Waals surface area contributed by atoms with Gasteiger partial charge < -0.3 is 0 Å². The summed E-state index contributed by atoms with van der Waals surface area (Å²) in [5.74, 6) is -1.07. The predicted molar refractivity (Wildman–Crippen MR) is 66.7 cm³/mol. The Hall–Kier alpha value is -1.58. The van der Waals surface area contributed by atoms with Crippen LogP contribution in [0, 0.1) is 15.9 Å². The number of benzene rings is 1. The van der Waals surface area contributed by atoms with Crippen molar-refractivity contribution in [1.29, 1.82) is 0 Å². The average Bonchev–Trinajstić information content (AvgIpc) is 2.89. The van der Waals surface area contributed by atoms with E-state index in [1.807, 2.05) is 4.89 Å². The molecule has 1 aliphatic rings. The number of halogens is 1. The zero-order chi connectivity index (χ0) is 14.8. The number of sulfonamides is 1. The number of hydrogen-bond acceptors (Lipinski definition) is 5. The van der Waals surface area contributed by atoms with Crippen molar-refractivity contribution in [1.82, 2.24) is 4.89 Å². The number of nitrogens with zero attached hydrogens (tertiary/aromatic N) is 1. The number of non-ortho nitro benzene ring substituents is 1. The van der Waals surface area contributed by atoms with Gasteiger partial charge in [0.25, 0.3) is 15.7 Å². The van der Waals surface area contributed by atoms with Gasteiger partial charge in [-0.15, -0.1) is 0 Å². The normalized spacial score (nSPS) is 16.4. The van der Waals surface area contributed by atoms with Gasteiger partial charge in [-0.05, 0) is 18.9 Å². The molecular formula is C11H13FN2O5S. The molecule has 2 rings (SSSR count). The summed E-state index contributed by atoms with van der Waals surface area (Å²) in [5.41, 5.74) is -0.507. The number of nitro groups is 1. The molecule has 1 aromatic rings. The molecule has 0 amide bonds. The average molecular weight is 304 g/mol. The van der Waals surface area contributed by atoms with E-state index in [0.717, 1.165) is 37.8 Å². The quantitative estimate of drug-likeness (QED) is 0.661. The first kappa shape index (κ1) is 14.8. The Balaban J connectivity index is 2.19. The second kappa shape index (κ2) is 5.81. The molecule has 7 nitrogen and oxygen atoms in total. The molecule has 0 heterocycles. The number of rotatable bonds is 5. The maximum atomic E-state index is 13.5. The lowest BCUT2D eigenvalue weighted by Crippen LogP contribution is -2.29. The maximum absolute atomic E-state index is 13.5. The Kier molecular flexibility index (Phi) is 4.31. The van der Waals surface area contributed by atoms with Crippen LogP contribution in [0.1, 0.15) is 25.7 Å². The lowest BCUT2D eigenvalue weighted by Gasteiger charge is -2.12. The zero-order valence-electron chi connectivity index (χ0n) is 10.4. The van der Waals surface area contributed by atoms with Crippen LogP contribution in [0.25, 0.3) is 0 Å². The Morgan fingerprint density at radius 3 is 2.60 bits per heavy atom. The predicted octanol–water partition coefficient (Wildman–Crippen LogP) is 1.89. The molecule has 0 atom stereocenters. The highest BCUT2D eigenvalue weighted by molar-refractivity contribution is 7.89. The molecule has 0 unspecified atom stereocenters. The molecule has 1 N–H and O–H groups in total. The molecule has 0 bridgehead atoms. The lowest BCUT2D eigenvalue weighted by molar-refractivity contribution is -0.385. The van der Waals surface area contributed by atoms with Gasteiger partial charge in [0.05, 0.1) is 11.0 Å². The minimum Gasteiger partial charge on any atom is -0.284 e. The van der Waals surface area contributed by atoms with E-state index in [2.05, 4.69) is 0 Å². The number of nitro benzene ring substituents is 1. The first-order chi connectivity index (χ1) is 9.40. The fourth-order valence-corrected chi connectivity index (χ4v) is 2.95. The summed E-state index contributed by atoms with van der Waals surface area (Å²) in [7, 11) is -4.29. The fraction of sp³-hybridized carbons (Fsp3) is 0.455. The van der Waals surface area contributed by atoms with Crippen molar-refractivity contribution in [2.45, 2.75) is 36.7 Å². The van der Waals surface area contributed by atoms with E-state index in [-0.39, 0.29) is 6.10 Å². The van der Waals surface area contributed by atoms with E-state index >= 15 is 0 Å². The summed E-state index contributed by atoms with van der Waals surface area (Å²) < 4.78 is 37.3. The maximum Gasteiger partial charge on any atom is 0.270 e. The largest absolute Gasteiger partial charge is 0.284 e. The van der Waals surface area contributed by atoms with Crippen molar-refractivity contribution in [3.63, 3.8) is 0 Å². The molecule has 0 aliphatic heterocycles. The van der Waals surface area contributed by atoms with Gasteiger partial charge in [-0.3, -0.25) is 15.0 Å². The number of nitrogens with one attached hydrogen (secondary N) is 1. The van der Waals surface area contributed by atoms with Crippen LogP contribution < -0.4 is 4.89 Å². The molecule has 0 spiro atoms. The van der Waals surface area contributed by atoms with Crippen LogP contribution in [0.4, 0.5) is 10.1 Å². The summed E-state index contributed by atoms with van der Waals surface area (Å²) in [6.07, 6.45) is 3.08. The summed E-state index contributed by atoms with van der Waals surface area (Å²) in [5, 5.41) is 10.6.